The minimum Gasteiger partial charge on any atom is -0.357 e. The number of nitrogens with zero attached hydrogens (tertiary/aromatic N) is 1. The fraction of sp³-hybridized carbons (Fsp3) is 0.579. The number of carbonyl (C=O) groups excluding carboxylic acids is 1. The van der Waals surface area contributed by atoms with E-state index in [-0.39, 0.29) is 10.7 Å². The average Bonchev–Trinajstić information content (AvgIpc) is 3.03. The Morgan fingerprint density at radius 3 is 2.76 bits per heavy atom. The summed E-state index contributed by atoms with van der Waals surface area (Å²) in [5.41, 5.74) is 1.79. The van der Waals surface area contributed by atoms with Crippen LogP contribution in [0.5, 0.6) is 0 Å². The van der Waals surface area contributed by atoms with Gasteiger partial charge in [0.15, 0.2) is 5.96 Å². The fourth-order valence-electron chi connectivity index (χ4n) is 2.79. The summed E-state index contributed by atoms with van der Waals surface area (Å²) in [6, 6.07) is 7.62. The van der Waals surface area contributed by atoms with Gasteiger partial charge in [0.05, 0.1) is 6.54 Å². The molecule has 1 aromatic rings. The van der Waals surface area contributed by atoms with Crippen molar-refractivity contribution in [1.82, 2.24) is 16.0 Å². The van der Waals surface area contributed by atoms with Crippen molar-refractivity contribution in [2.75, 3.05) is 31.9 Å². The number of hydrogen-bond donors (Lipinski definition) is 3. The lowest BCUT2D eigenvalue weighted by Crippen LogP contribution is -2.42. The lowest BCUT2D eigenvalue weighted by molar-refractivity contribution is 0.0954. The van der Waals surface area contributed by atoms with Crippen LogP contribution in [-0.2, 0) is 0 Å². The highest BCUT2D eigenvalue weighted by Gasteiger charge is 2.29. The highest BCUT2D eigenvalue weighted by Crippen LogP contribution is 2.37. The van der Waals surface area contributed by atoms with Crippen LogP contribution in [0.1, 0.15) is 42.6 Å². The molecule has 1 aliphatic rings. The molecule has 25 heavy (non-hydrogen) atoms. The molecule has 138 valence electrons. The number of benzene rings is 1. The number of aliphatic imine (C=N–C) groups is 1. The largest absolute Gasteiger partial charge is 0.357 e. The zero-order valence-corrected chi connectivity index (χ0v) is 16.3. The Kier molecular flexibility index (Phi) is 7.62. The third-order valence-electron chi connectivity index (χ3n) is 4.20. The molecule has 6 heteroatoms. The first-order valence-electron chi connectivity index (χ1n) is 9.03. The first kappa shape index (κ1) is 19.6. The smallest absolute Gasteiger partial charge is 0.251 e. The SMILES string of the molecule is CCNC(=NCC1(C)CCCS1)NCCNC(=O)c1cccc(C)c1. The third kappa shape index (κ3) is 6.61. The molecule has 1 fully saturated rings. The van der Waals surface area contributed by atoms with Crippen molar-refractivity contribution in [3.8, 4) is 0 Å². The van der Waals surface area contributed by atoms with Crippen LogP contribution in [0.3, 0.4) is 0 Å². The summed E-state index contributed by atoms with van der Waals surface area (Å²) in [5, 5.41) is 9.50. The van der Waals surface area contributed by atoms with Gasteiger partial charge < -0.3 is 16.0 Å². The van der Waals surface area contributed by atoms with Crippen LogP contribution in [0.4, 0.5) is 0 Å². The van der Waals surface area contributed by atoms with Gasteiger partial charge in [0, 0.05) is 29.9 Å². The predicted molar refractivity (Wildman–Crippen MR) is 108 cm³/mol. The topological polar surface area (TPSA) is 65.5 Å². The standard InChI is InChI=1S/C19H30N4OS/c1-4-20-18(23-14-19(3)9-6-12-25-19)22-11-10-21-17(24)16-8-5-7-15(2)13-16/h5,7-8,13H,4,6,9-12,14H2,1-3H3,(H,21,24)(H2,20,22,23). The number of carbonyl (C=O) groups is 1. The van der Waals surface area contributed by atoms with Gasteiger partial charge in [-0.05, 0) is 51.5 Å². The molecule has 0 bridgehead atoms. The van der Waals surface area contributed by atoms with E-state index in [9.17, 15) is 4.79 Å². The number of amides is 1. The van der Waals surface area contributed by atoms with Crippen molar-refractivity contribution >= 4 is 23.6 Å². The minimum absolute atomic E-state index is 0.0395. The molecule has 0 radical (unpaired) electrons. The van der Waals surface area contributed by atoms with Crippen molar-refractivity contribution < 1.29 is 4.79 Å². The van der Waals surface area contributed by atoms with Gasteiger partial charge in [-0.3, -0.25) is 9.79 Å². The Bertz CT molecular complexity index is 597. The molecule has 1 unspecified atom stereocenters. The van der Waals surface area contributed by atoms with Gasteiger partial charge in [0.25, 0.3) is 5.91 Å². The molecule has 0 spiro atoms. The van der Waals surface area contributed by atoms with E-state index < -0.39 is 0 Å². The maximum Gasteiger partial charge on any atom is 0.251 e. The van der Waals surface area contributed by atoms with Gasteiger partial charge in [-0.1, -0.05) is 17.7 Å². The van der Waals surface area contributed by atoms with Gasteiger partial charge in [0.2, 0.25) is 0 Å². The summed E-state index contributed by atoms with van der Waals surface area (Å²) in [4.78, 5) is 16.8. The molecule has 1 heterocycles. The highest BCUT2D eigenvalue weighted by molar-refractivity contribution is 8.00. The second-order valence-corrected chi connectivity index (χ2v) is 8.33. The average molecular weight is 363 g/mol. The van der Waals surface area contributed by atoms with Crippen LogP contribution in [0.2, 0.25) is 0 Å². The van der Waals surface area contributed by atoms with E-state index in [2.05, 4.69) is 29.8 Å². The summed E-state index contributed by atoms with van der Waals surface area (Å²) in [5.74, 6) is 2.02. The highest BCUT2D eigenvalue weighted by atomic mass is 32.2. The quantitative estimate of drug-likeness (QED) is 0.396. The summed E-state index contributed by atoms with van der Waals surface area (Å²) in [6.07, 6.45) is 2.51. The Morgan fingerprint density at radius 1 is 1.28 bits per heavy atom. The van der Waals surface area contributed by atoms with E-state index >= 15 is 0 Å². The molecule has 3 N–H and O–H groups in total. The lowest BCUT2D eigenvalue weighted by atomic mass is 10.1. The number of rotatable bonds is 7. The number of aryl methyl sites for hydroxylation is 1. The van der Waals surface area contributed by atoms with Crippen LogP contribution in [0, 0.1) is 6.92 Å². The van der Waals surface area contributed by atoms with Gasteiger partial charge in [-0.2, -0.15) is 11.8 Å². The van der Waals surface area contributed by atoms with E-state index in [4.69, 9.17) is 4.99 Å². The molecular formula is C19H30N4OS. The Labute approximate surface area is 155 Å². The lowest BCUT2D eigenvalue weighted by Gasteiger charge is -2.21. The van der Waals surface area contributed by atoms with Gasteiger partial charge in [-0.25, -0.2) is 0 Å². The minimum atomic E-state index is -0.0395. The van der Waals surface area contributed by atoms with Crippen LogP contribution in [0.15, 0.2) is 29.3 Å². The maximum absolute atomic E-state index is 12.1. The Balaban J connectivity index is 1.76. The van der Waals surface area contributed by atoms with Crippen molar-refractivity contribution in [1.29, 1.82) is 0 Å². The Hall–Kier alpha value is -1.69. The molecule has 1 atom stereocenters. The fourth-order valence-corrected chi connectivity index (χ4v) is 4.02. The maximum atomic E-state index is 12.1. The van der Waals surface area contributed by atoms with E-state index in [0.29, 0.717) is 18.7 Å². The molecule has 1 saturated heterocycles. The predicted octanol–water partition coefficient (Wildman–Crippen LogP) is 2.57. The van der Waals surface area contributed by atoms with E-state index in [1.165, 1.54) is 18.6 Å². The van der Waals surface area contributed by atoms with Gasteiger partial charge in [-0.15, -0.1) is 0 Å². The molecule has 0 aromatic heterocycles. The molecule has 0 saturated carbocycles. The second-order valence-electron chi connectivity index (χ2n) is 6.65. The first-order valence-corrected chi connectivity index (χ1v) is 10.0. The van der Waals surface area contributed by atoms with E-state index in [1.54, 1.807) is 0 Å². The van der Waals surface area contributed by atoms with Crippen molar-refractivity contribution in [2.24, 2.45) is 4.99 Å². The third-order valence-corrected chi connectivity index (χ3v) is 5.72. The molecule has 0 aliphatic carbocycles. The summed E-state index contributed by atoms with van der Waals surface area (Å²) >= 11 is 2.02. The van der Waals surface area contributed by atoms with Crippen molar-refractivity contribution in [3.63, 3.8) is 0 Å². The molecule has 1 aromatic carbocycles. The van der Waals surface area contributed by atoms with Crippen molar-refractivity contribution in [3.05, 3.63) is 35.4 Å². The van der Waals surface area contributed by atoms with E-state index in [1.807, 2.05) is 43.0 Å². The molecule has 1 amide bonds. The number of hydrogen-bond acceptors (Lipinski definition) is 3. The van der Waals surface area contributed by atoms with Crippen LogP contribution in [-0.4, -0.2) is 48.5 Å². The zero-order valence-electron chi connectivity index (χ0n) is 15.5. The summed E-state index contributed by atoms with van der Waals surface area (Å²) in [6.45, 7) is 9.19. The summed E-state index contributed by atoms with van der Waals surface area (Å²) < 4.78 is 0.266. The number of guanidine groups is 1. The molecule has 5 nitrogen and oxygen atoms in total. The Morgan fingerprint density at radius 2 is 2.08 bits per heavy atom. The summed E-state index contributed by atoms with van der Waals surface area (Å²) in [7, 11) is 0. The monoisotopic (exact) mass is 362 g/mol. The van der Waals surface area contributed by atoms with Crippen LogP contribution in [0.25, 0.3) is 0 Å². The number of thioether (sulfide) groups is 1. The van der Waals surface area contributed by atoms with Gasteiger partial charge in [0.1, 0.15) is 0 Å². The van der Waals surface area contributed by atoms with Gasteiger partial charge >= 0.3 is 0 Å². The second kappa shape index (κ2) is 9.70. The zero-order chi connectivity index (χ0) is 18.1. The van der Waals surface area contributed by atoms with Crippen LogP contribution >= 0.6 is 11.8 Å². The number of nitrogens with one attached hydrogen (secondary N) is 3. The molecule has 1 aliphatic heterocycles. The normalized spacial score (nSPS) is 20.4. The first-order chi connectivity index (χ1) is 12.0. The molecular weight excluding hydrogens is 332 g/mol. The van der Waals surface area contributed by atoms with E-state index in [0.717, 1.165) is 24.6 Å². The van der Waals surface area contributed by atoms with Crippen LogP contribution < -0.4 is 16.0 Å². The molecule has 2 rings (SSSR count). The van der Waals surface area contributed by atoms with Crippen molar-refractivity contribution in [2.45, 2.75) is 38.4 Å².